The van der Waals surface area contributed by atoms with Crippen molar-refractivity contribution >= 4 is 0 Å². The van der Waals surface area contributed by atoms with Crippen molar-refractivity contribution < 1.29 is 0 Å². The van der Waals surface area contributed by atoms with E-state index in [0.29, 0.717) is 0 Å². The molecule has 0 atom stereocenters. The average molecular weight is 155 g/mol. The summed E-state index contributed by atoms with van der Waals surface area (Å²) in [6.45, 7) is 11.8. The van der Waals surface area contributed by atoms with Crippen LogP contribution in [0.3, 0.4) is 0 Å². The van der Waals surface area contributed by atoms with Crippen molar-refractivity contribution in [3.05, 3.63) is 12.3 Å². The third-order valence-electron chi connectivity index (χ3n) is 1.72. The van der Waals surface area contributed by atoms with E-state index in [0.717, 1.165) is 18.9 Å². The summed E-state index contributed by atoms with van der Waals surface area (Å²) in [6.07, 6.45) is 2.32. The lowest BCUT2D eigenvalue weighted by Crippen LogP contribution is -2.21. The van der Waals surface area contributed by atoms with Crippen LogP contribution in [0.2, 0.25) is 0 Å². The molecule has 0 N–H and O–H groups in total. The number of hydrogen-bond donors (Lipinski definition) is 0. The molecule has 0 aromatic carbocycles. The van der Waals surface area contributed by atoms with Crippen LogP contribution in [0.15, 0.2) is 12.3 Å². The molecule has 1 heteroatoms. The highest BCUT2D eigenvalue weighted by Gasteiger charge is 2.02. The number of allylic oxidation sites excluding steroid dienone is 1. The molecule has 0 fully saturated rings. The van der Waals surface area contributed by atoms with Crippen LogP contribution >= 0.6 is 0 Å². The predicted octanol–water partition coefficient (Wildman–Crippen LogP) is 2.89. The average Bonchev–Trinajstić information content (AvgIpc) is 1.86. The van der Waals surface area contributed by atoms with E-state index in [-0.39, 0.29) is 0 Å². The Morgan fingerprint density at radius 1 is 1.45 bits per heavy atom. The third-order valence-corrected chi connectivity index (χ3v) is 1.72. The number of rotatable bonds is 5. The molecular formula is C10H21N. The van der Waals surface area contributed by atoms with Crippen LogP contribution in [0.5, 0.6) is 0 Å². The van der Waals surface area contributed by atoms with Crippen LogP contribution in [0.1, 0.15) is 33.6 Å². The normalized spacial score (nSPS) is 10.3. The highest BCUT2D eigenvalue weighted by molar-refractivity contribution is 4.91. The summed E-state index contributed by atoms with van der Waals surface area (Å²) in [6, 6.07) is 0. The molecule has 0 saturated carbocycles. The van der Waals surface area contributed by atoms with Gasteiger partial charge >= 0.3 is 0 Å². The second-order valence-electron chi connectivity index (χ2n) is 3.59. The third kappa shape index (κ3) is 4.88. The highest BCUT2D eigenvalue weighted by Crippen LogP contribution is 2.08. The van der Waals surface area contributed by atoms with Crippen molar-refractivity contribution in [1.29, 1.82) is 0 Å². The fraction of sp³-hybridized carbons (Fsp3) is 0.800. The first kappa shape index (κ1) is 10.5. The maximum Gasteiger partial charge on any atom is 0.0194 e. The molecule has 0 heterocycles. The molecule has 0 aromatic heterocycles. The van der Waals surface area contributed by atoms with Crippen molar-refractivity contribution in [3.8, 4) is 0 Å². The zero-order valence-electron chi connectivity index (χ0n) is 8.35. The van der Waals surface area contributed by atoms with Gasteiger partial charge in [0.15, 0.2) is 0 Å². The van der Waals surface area contributed by atoms with Crippen molar-refractivity contribution in [1.82, 2.24) is 4.90 Å². The Morgan fingerprint density at radius 2 is 2.00 bits per heavy atom. The quantitative estimate of drug-likeness (QED) is 0.590. The lowest BCUT2D eigenvalue weighted by Gasteiger charge is -2.23. The zero-order chi connectivity index (χ0) is 8.85. The van der Waals surface area contributed by atoms with Crippen molar-refractivity contribution in [2.75, 3.05) is 13.6 Å². The standard InChI is InChI=1S/C10H21N/c1-6-7-10(4)11(5)8-9(2)3/h9H,4,6-8H2,1-3,5H3. The van der Waals surface area contributed by atoms with Crippen LogP contribution in [0.25, 0.3) is 0 Å². The van der Waals surface area contributed by atoms with E-state index in [4.69, 9.17) is 0 Å². The van der Waals surface area contributed by atoms with Crippen LogP contribution in [-0.2, 0) is 0 Å². The smallest absolute Gasteiger partial charge is 0.0194 e. The minimum atomic E-state index is 0.730. The van der Waals surface area contributed by atoms with Gasteiger partial charge < -0.3 is 4.90 Å². The Morgan fingerprint density at radius 3 is 2.36 bits per heavy atom. The fourth-order valence-corrected chi connectivity index (χ4v) is 1.16. The van der Waals surface area contributed by atoms with Gasteiger partial charge in [-0.15, -0.1) is 0 Å². The maximum atomic E-state index is 4.02. The molecule has 0 aliphatic carbocycles. The summed E-state index contributed by atoms with van der Waals surface area (Å²) in [5.41, 5.74) is 1.27. The molecule has 1 nitrogen and oxygen atoms in total. The van der Waals surface area contributed by atoms with Crippen LogP contribution < -0.4 is 0 Å². The molecule has 0 aromatic rings. The maximum absolute atomic E-state index is 4.02. The van der Waals surface area contributed by atoms with Gasteiger partial charge in [0.25, 0.3) is 0 Å². The Labute approximate surface area is 71.1 Å². The first-order valence-electron chi connectivity index (χ1n) is 4.46. The number of hydrogen-bond acceptors (Lipinski definition) is 1. The monoisotopic (exact) mass is 155 g/mol. The van der Waals surface area contributed by atoms with Crippen molar-refractivity contribution in [3.63, 3.8) is 0 Å². The van der Waals surface area contributed by atoms with Gasteiger partial charge in [0, 0.05) is 19.3 Å². The minimum absolute atomic E-state index is 0.730. The van der Waals surface area contributed by atoms with Gasteiger partial charge in [-0.3, -0.25) is 0 Å². The van der Waals surface area contributed by atoms with Crippen LogP contribution in [-0.4, -0.2) is 18.5 Å². The Kier molecular flexibility index (Phi) is 5.01. The molecule has 11 heavy (non-hydrogen) atoms. The highest BCUT2D eigenvalue weighted by atomic mass is 15.1. The van der Waals surface area contributed by atoms with Crippen molar-refractivity contribution in [2.45, 2.75) is 33.6 Å². The molecule has 0 aliphatic rings. The molecule has 0 unspecified atom stereocenters. The van der Waals surface area contributed by atoms with Gasteiger partial charge in [-0.05, 0) is 12.3 Å². The Balaban J connectivity index is 3.64. The van der Waals surface area contributed by atoms with E-state index in [1.807, 2.05) is 0 Å². The molecule has 0 spiro atoms. The second-order valence-corrected chi connectivity index (χ2v) is 3.59. The Hall–Kier alpha value is -0.460. The summed E-state index contributed by atoms with van der Waals surface area (Å²) in [5, 5.41) is 0. The molecule has 0 aliphatic heterocycles. The van der Waals surface area contributed by atoms with E-state index in [9.17, 15) is 0 Å². The molecule has 0 amide bonds. The molecule has 0 saturated heterocycles. The lowest BCUT2D eigenvalue weighted by molar-refractivity contribution is 0.351. The molecular weight excluding hydrogens is 134 g/mol. The van der Waals surface area contributed by atoms with Gasteiger partial charge in [-0.25, -0.2) is 0 Å². The number of nitrogens with zero attached hydrogens (tertiary/aromatic N) is 1. The van der Waals surface area contributed by atoms with E-state index in [1.165, 1.54) is 12.1 Å². The fourth-order valence-electron chi connectivity index (χ4n) is 1.16. The van der Waals surface area contributed by atoms with Gasteiger partial charge in [-0.2, -0.15) is 0 Å². The second kappa shape index (κ2) is 5.22. The van der Waals surface area contributed by atoms with E-state index in [1.54, 1.807) is 0 Å². The summed E-state index contributed by atoms with van der Waals surface area (Å²) < 4.78 is 0. The largest absolute Gasteiger partial charge is 0.378 e. The van der Waals surface area contributed by atoms with Gasteiger partial charge in [0.1, 0.15) is 0 Å². The van der Waals surface area contributed by atoms with Gasteiger partial charge in [0.05, 0.1) is 0 Å². The summed E-state index contributed by atoms with van der Waals surface area (Å²) in [4.78, 5) is 2.26. The Bertz CT molecular complexity index is 116. The van der Waals surface area contributed by atoms with E-state index < -0.39 is 0 Å². The molecule has 66 valence electrons. The molecule has 0 bridgehead atoms. The van der Waals surface area contributed by atoms with Crippen molar-refractivity contribution in [2.24, 2.45) is 5.92 Å². The predicted molar refractivity (Wildman–Crippen MR) is 51.5 cm³/mol. The molecule has 0 radical (unpaired) electrons. The SMILES string of the molecule is C=C(CCC)N(C)CC(C)C. The minimum Gasteiger partial charge on any atom is -0.378 e. The first-order valence-corrected chi connectivity index (χ1v) is 4.46. The first-order chi connectivity index (χ1) is 5.07. The summed E-state index contributed by atoms with van der Waals surface area (Å²) >= 11 is 0. The van der Waals surface area contributed by atoms with Crippen LogP contribution in [0.4, 0.5) is 0 Å². The van der Waals surface area contributed by atoms with Gasteiger partial charge in [0.2, 0.25) is 0 Å². The van der Waals surface area contributed by atoms with Gasteiger partial charge in [-0.1, -0.05) is 33.8 Å². The summed E-state index contributed by atoms with van der Waals surface area (Å²) in [5.74, 6) is 0.730. The van der Waals surface area contributed by atoms with E-state index in [2.05, 4.69) is 39.3 Å². The zero-order valence-corrected chi connectivity index (χ0v) is 8.35. The lowest BCUT2D eigenvalue weighted by atomic mass is 10.2. The van der Waals surface area contributed by atoms with Crippen LogP contribution in [0, 0.1) is 5.92 Å². The van der Waals surface area contributed by atoms with E-state index >= 15 is 0 Å². The molecule has 0 rings (SSSR count). The topological polar surface area (TPSA) is 3.24 Å². The summed E-state index contributed by atoms with van der Waals surface area (Å²) in [7, 11) is 2.12.